The van der Waals surface area contributed by atoms with Gasteiger partial charge in [-0.25, -0.2) is 9.97 Å². The van der Waals surface area contributed by atoms with Crippen molar-refractivity contribution in [2.75, 3.05) is 14.2 Å². The van der Waals surface area contributed by atoms with E-state index < -0.39 is 0 Å². The molecule has 4 rings (SSSR count). The molecule has 120 valence electrons. The van der Waals surface area contributed by atoms with Crippen LogP contribution < -0.4 is 9.47 Å². The van der Waals surface area contributed by atoms with E-state index in [0.29, 0.717) is 0 Å². The van der Waals surface area contributed by atoms with Crippen LogP contribution in [-0.2, 0) is 0 Å². The van der Waals surface area contributed by atoms with Gasteiger partial charge < -0.3 is 9.47 Å². The van der Waals surface area contributed by atoms with Gasteiger partial charge in [0.25, 0.3) is 0 Å². The van der Waals surface area contributed by atoms with E-state index in [0.717, 1.165) is 42.6 Å². The minimum Gasteiger partial charge on any atom is -0.497 e. The molecule has 6 nitrogen and oxygen atoms in total. The fourth-order valence-electron chi connectivity index (χ4n) is 2.17. The third-order valence-corrected chi connectivity index (χ3v) is 5.42. The molecule has 0 unspecified atom stereocenters. The number of pyridine rings is 2. The lowest BCUT2D eigenvalue weighted by Crippen LogP contribution is -1.86. The van der Waals surface area contributed by atoms with E-state index in [2.05, 4.69) is 19.9 Å². The molecule has 0 aliphatic carbocycles. The number of fused-ring (bicyclic) bond motifs is 1. The molecule has 0 aromatic carbocycles. The van der Waals surface area contributed by atoms with E-state index in [1.54, 1.807) is 26.6 Å². The van der Waals surface area contributed by atoms with E-state index in [1.807, 2.05) is 24.3 Å². The summed E-state index contributed by atoms with van der Waals surface area (Å²) in [5.74, 6) is 1.51. The lowest BCUT2D eigenvalue weighted by atomic mass is 10.3. The Kier molecular flexibility index (Phi) is 3.83. The molecule has 0 bridgehead atoms. The van der Waals surface area contributed by atoms with Gasteiger partial charge in [0.1, 0.15) is 32.9 Å². The largest absolute Gasteiger partial charge is 0.497 e. The van der Waals surface area contributed by atoms with E-state index in [4.69, 9.17) is 9.47 Å². The highest BCUT2D eigenvalue weighted by Gasteiger charge is 2.15. The van der Waals surface area contributed by atoms with Crippen LogP contribution in [0.25, 0.3) is 31.1 Å². The Hall–Kier alpha value is -2.58. The van der Waals surface area contributed by atoms with Gasteiger partial charge in [0.05, 0.1) is 14.2 Å². The summed E-state index contributed by atoms with van der Waals surface area (Å²) in [5, 5.41) is 1.65. The van der Waals surface area contributed by atoms with Gasteiger partial charge in [-0.05, 0) is 12.1 Å². The summed E-state index contributed by atoms with van der Waals surface area (Å²) in [4.78, 5) is 19.7. The first-order valence-corrected chi connectivity index (χ1v) is 8.68. The van der Waals surface area contributed by atoms with Gasteiger partial charge in [-0.1, -0.05) is 22.7 Å². The molecule has 0 aliphatic rings. The van der Waals surface area contributed by atoms with Crippen molar-refractivity contribution in [2.45, 2.75) is 0 Å². The number of rotatable bonds is 4. The van der Waals surface area contributed by atoms with Gasteiger partial charge in [-0.15, -0.1) is 0 Å². The van der Waals surface area contributed by atoms with Crippen molar-refractivity contribution < 1.29 is 9.47 Å². The first-order valence-electron chi connectivity index (χ1n) is 7.05. The van der Waals surface area contributed by atoms with Crippen LogP contribution in [0.15, 0.2) is 36.7 Å². The second-order valence-electron chi connectivity index (χ2n) is 4.81. The lowest BCUT2D eigenvalue weighted by Gasteiger charge is -2.00. The van der Waals surface area contributed by atoms with Crippen LogP contribution in [0.1, 0.15) is 0 Å². The van der Waals surface area contributed by atoms with Crippen LogP contribution in [-0.4, -0.2) is 34.2 Å². The number of ether oxygens (including phenoxy) is 2. The number of methoxy groups -OCH3 is 2. The molecule has 4 aromatic heterocycles. The SMILES string of the molecule is COc1ccnc(-c2nc3sc(-c4cc(OC)ccn4)nc3s2)c1. The van der Waals surface area contributed by atoms with E-state index >= 15 is 0 Å². The average molecular weight is 356 g/mol. The Balaban J connectivity index is 1.72. The molecule has 0 spiro atoms. The quantitative estimate of drug-likeness (QED) is 0.552. The number of aromatic nitrogens is 4. The zero-order chi connectivity index (χ0) is 16.5. The number of hydrogen-bond acceptors (Lipinski definition) is 8. The Morgan fingerprint density at radius 3 is 1.62 bits per heavy atom. The second kappa shape index (κ2) is 6.14. The maximum atomic E-state index is 5.23. The van der Waals surface area contributed by atoms with Gasteiger partial charge in [-0.2, -0.15) is 0 Å². The van der Waals surface area contributed by atoms with Crippen LogP contribution >= 0.6 is 22.7 Å². The summed E-state index contributed by atoms with van der Waals surface area (Å²) in [6.45, 7) is 0. The van der Waals surface area contributed by atoms with Crippen molar-refractivity contribution in [3.63, 3.8) is 0 Å². The van der Waals surface area contributed by atoms with Crippen LogP contribution in [0.2, 0.25) is 0 Å². The van der Waals surface area contributed by atoms with Crippen LogP contribution in [0, 0.1) is 0 Å². The second-order valence-corrected chi connectivity index (χ2v) is 6.77. The lowest BCUT2D eigenvalue weighted by molar-refractivity contribution is 0.414. The molecule has 0 saturated carbocycles. The predicted octanol–water partition coefficient (Wildman–Crippen LogP) is 3.89. The molecule has 4 heterocycles. The Morgan fingerprint density at radius 2 is 1.21 bits per heavy atom. The number of nitrogens with zero attached hydrogens (tertiary/aromatic N) is 4. The predicted molar refractivity (Wildman–Crippen MR) is 94.9 cm³/mol. The topological polar surface area (TPSA) is 70.0 Å². The summed E-state index contributed by atoms with van der Waals surface area (Å²) in [5.41, 5.74) is 1.57. The average Bonchev–Trinajstić information content (AvgIpc) is 3.21. The highest BCUT2D eigenvalue weighted by atomic mass is 32.1. The molecular weight excluding hydrogens is 344 g/mol. The highest BCUT2D eigenvalue weighted by molar-refractivity contribution is 7.29. The number of hydrogen-bond donors (Lipinski definition) is 0. The normalized spacial score (nSPS) is 10.9. The molecule has 0 fully saturated rings. The van der Waals surface area contributed by atoms with E-state index in [9.17, 15) is 0 Å². The van der Waals surface area contributed by atoms with Crippen molar-refractivity contribution in [3.8, 4) is 32.9 Å². The first kappa shape index (κ1) is 15.0. The Morgan fingerprint density at radius 1 is 0.750 bits per heavy atom. The molecule has 0 saturated heterocycles. The minimum atomic E-state index is 0.757. The molecule has 24 heavy (non-hydrogen) atoms. The molecule has 0 N–H and O–H groups in total. The summed E-state index contributed by atoms with van der Waals surface area (Å²) in [6, 6.07) is 7.36. The van der Waals surface area contributed by atoms with Crippen LogP contribution in [0.5, 0.6) is 11.5 Å². The molecule has 0 amide bonds. The van der Waals surface area contributed by atoms with Crippen LogP contribution in [0.3, 0.4) is 0 Å². The molecule has 0 atom stereocenters. The van der Waals surface area contributed by atoms with Gasteiger partial charge in [0.15, 0.2) is 9.66 Å². The summed E-state index contributed by atoms with van der Waals surface area (Å²) in [6.07, 6.45) is 3.42. The van der Waals surface area contributed by atoms with Crippen LogP contribution in [0.4, 0.5) is 0 Å². The maximum absolute atomic E-state index is 5.23. The van der Waals surface area contributed by atoms with Gasteiger partial charge in [0.2, 0.25) is 0 Å². The highest BCUT2D eigenvalue weighted by Crippen LogP contribution is 2.36. The Labute approximate surface area is 145 Å². The van der Waals surface area contributed by atoms with Crippen molar-refractivity contribution in [2.24, 2.45) is 0 Å². The fourth-order valence-corrected chi connectivity index (χ4v) is 4.15. The van der Waals surface area contributed by atoms with Gasteiger partial charge >= 0.3 is 0 Å². The van der Waals surface area contributed by atoms with Crippen molar-refractivity contribution in [1.82, 2.24) is 19.9 Å². The van der Waals surface area contributed by atoms with Crippen molar-refractivity contribution in [1.29, 1.82) is 0 Å². The summed E-state index contributed by atoms with van der Waals surface area (Å²) >= 11 is 3.01. The van der Waals surface area contributed by atoms with Gasteiger partial charge in [-0.3, -0.25) is 9.97 Å². The van der Waals surface area contributed by atoms with Gasteiger partial charge in [0, 0.05) is 24.5 Å². The van der Waals surface area contributed by atoms with E-state index in [1.165, 1.54) is 22.7 Å². The molecule has 0 aliphatic heterocycles. The monoisotopic (exact) mass is 356 g/mol. The zero-order valence-electron chi connectivity index (χ0n) is 12.9. The standard InChI is InChI=1S/C16H12N4O2S2/c1-21-9-3-5-17-11(7-9)13-19-15-16(23-13)20-14(24-15)12-8-10(22-2)4-6-18-12/h3-8H,1-2H3. The third-order valence-electron chi connectivity index (χ3n) is 3.35. The molecule has 8 heteroatoms. The fraction of sp³-hybridized carbons (Fsp3) is 0.125. The smallest absolute Gasteiger partial charge is 0.156 e. The minimum absolute atomic E-state index is 0.757. The maximum Gasteiger partial charge on any atom is 0.156 e. The summed E-state index contributed by atoms with van der Waals surface area (Å²) < 4.78 is 10.5. The van der Waals surface area contributed by atoms with E-state index in [-0.39, 0.29) is 0 Å². The zero-order valence-corrected chi connectivity index (χ0v) is 14.5. The molecule has 4 aromatic rings. The Bertz CT molecular complexity index is 904. The third kappa shape index (κ3) is 2.70. The molecule has 0 radical (unpaired) electrons. The van der Waals surface area contributed by atoms with Crippen molar-refractivity contribution >= 4 is 32.3 Å². The number of thiazole rings is 2. The first-order chi connectivity index (χ1) is 11.8. The molecular formula is C16H12N4O2S2. The van der Waals surface area contributed by atoms with Crippen molar-refractivity contribution in [3.05, 3.63) is 36.7 Å². The summed E-state index contributed by atoms with van der Waals surface area (Å²) in [7, 11) is 3.27.